The molecule has 0 bridgehead atoms. The van der Waals surface area contributed by atoms with Gasteiger partial charge in [0.05, 0.1) is 5.71 Å². The molecule has 1 N–H and O–H groups in total. The standard InChI is InChI=1S/C16H15BrN2O2/c1-12(13-7-9-14(17)10-8-13)18-19-16(20)11-21-15-5-3-2-4-6-15/h2-10H,11H2,1H3,(H,19,20). The summed E-state index contributed by atoms with van der Waals surface area (Å²) in [6.45, 7) is 1.77. The summed E-state index contributed by atoms with van der Waals surface area (Å²) in [6.07, 6.45) is 0. The zero-order chi connectivity index (χ0) is 15.1. The summed E-state index contributed by atoms with van der Waals surface area (Å²) in [5.41, 5.74) is 4.16. The molecular weight excluding hydrogens is 332 g/mol. The highest BCUT2D eigenvalue weighted by Crippen LogP contribution is 2.11. The van der Waals surface area contributed by atoms with E-state index in [9.17, 15) is 4.79 Å². The van der Waals surface area contributed by atoms with Gasteiger partial charge in [0.1, 0.15) is 5.75 Å². The smallest absolute Gasteiger partial charge is 0.277 e. The first-order valence-corrected chi connectivity index (χ1v) is 7.21. The molecule has 108 valence electrons. The fraction of sp³-hybridized carbons (Fsp3) is 0.125. The van der Waals surface area contributed by atoms with Crippen LogP contribution in [0.15, 0.2) is 64.2 Å². The molecule has 4 nitrogen and oxygen atoms in total. The molecule has 2 aromatic rings. The fourth-order valence-corrected chi connectivity index (χ4v) is 1.86. The van der Waals surface area contributed by atoms with Crippen molar-refractivity contribution in [1.82, 2.24) is 5.43 Å². The van der Waals surface area contributed by atoms with Gasteiger partial charge in [-0.05, 0) is 36.8 Å². The molecule has 0 radical (unpaired) electrons. The minimum Gasteiger partial charge on any atom is -0.484 e. The van der Waals surface area contributed by atoms with Crippen LogP contribution in [0.4, 0.5) is 0 Å². The van der Waals surface area contributed by atoms with Gasteiger partial charge in [-0.15, -0.1) is 0 Å². The SMILES string of the molecule is CC(=NNC(=O)COc1ccccc1)c1ccc(Br)cc1. The number of carbonyl (C=O) groups excluding carboxylic acids is 1. The largest absolute Gasteiger partial charge is 0.484 e. The predicted octanol–water partition coefficient (Wildman–Crippen LogP) is 3.37. The highest BCUT2D eigenvalue weighted by atomic mass is 79.9. The van der Waals surface area contributed by atoms with Crippen LogP contribution in [0.2, 0.25) is 0 Å². The second kappa shape index (κ2) is 7.59. The number of amides is 1. The average Bonchev–Trinajstić information content (AvgIpc) is 2.52. The summed E-state index contributed by atoms with van der Waals surface area (Å²) in [6, 6.07) is 16.9. The van der Waals surface area contributed by atoms with Crippen molar-refractivity contribution in [2.75, 3.05) is 6.61 Å². The number of hydrogen-bond acceptors (Lipinski definition) is 3. The molecule has 0 aliphatic rings. The number of nitrogens with one attached hydrogen (secondary N) is 1. The second-order valence-electron chi connectivity index (χ2n) is 4.34. The molecule has 0 aliphatic heterocycles. The van der Waals surface area contributed by atoms with Gasteiger partial charge in [-0.3, -0.25) is 4.79 Å². The second-order valence-corrected chi connectivity index (χ2v) is 5.26. The number of carbonyl (C=O) groups is 1. The number of nitrogens with zero attached hydrogens (tertiary/aromatic N) is 1. The molecule has 0 atom stereocenters. The van der Waals surface area contributed by atoms with Crippen molar-refractivity contribution in [1.29, 1.82) is 0 Å². The van der Waals surface area contributed by atoms with Crippen molar-refractivity contribution in [2.45, 2.75) is 6.92 Å². The van der Waals surface area contributed by atoms with Gasteiger partial charge < -0.3 is 4.74 Å². The van der Waals surface area contributed by atoms with Crippen LogP contribution in [-0.4, -0.2) is 18.2 Å². The van der Waals surface area contributed by atoms with Crippen molar-refractivity contribution in [3.63, 3.8) is 0 Å². The van der Waals surface area contributed by atoms with E-state index >= 15 is 0 Å². The Morgan fingerprint density at radius 1 is 1.14 bits per heavy atom. The molecule has 0 saturated heterocycles. The van der Waals surface area contributed by atoms with E-state index in [2.05, 4.69) is 26.5 Å². The van der Waals surface area contributed by atoms with E-state index in [0.717, 1.165) is 15.7 Å². The van der Waals surface area contributed by atoms with Crippen molar-refractivity contribution in [2.24, 2.45) is 5.10 Å². The lowest BCUT2D eigenvalue weighted by Crippen LogP contribution is -2.25. The van der Waals surface area contributed by atoms with Crippen molar-refractivity contribution < 1.29 is 9.53 Å². The summed E-state index contributed by atoms with van der Waals surface area (Å²) >= 11 is 3.37. The lowest BCUT2D eigenvalue weighted by Gasteiger charge is -2.05. The number of ether oxygens (including phenoxy) is 1. The fourth-order valence-electron chi connectivity index (χ4n) is 1.60. The summed E-state index contributed by atoms with van der Waals surface area (Å²) < 4.78 is 6.33. The molecule has 0 spiro atoms. The summed E-state index contributed by atoms with van der Waals surface area (Å²) in [4.78, 5) is 11.7. The lowest BCUT2D eigenvalue weighted by atomic mass is 10.1. The molecule has 0 fully saturated rings. The Morgan fingerprint density at radius 2 is 1.81 bits per heavy atom. The molecule has 0 unspecified atom stereocenters. The molecule has 2 aromatic carbocycles. The predicted molar refractivity (Wildman–Crippen MR) is 86.4 cm³/mol. The Kier molecular flexibility index (Phi) is 5.51. The topological polar surface area (TPSA) is 50.7 Å². The molecule has 0 aliphatic carbocycles. The molecule has 2 rings (SSSR count). The van der Waals surface area contributed by atoms with E-state index in [-0.39, 0.29) is 12.5 Å². The van der Waals surface area contributed by atoms with Crippen LogP contribution in [0.3, 0.4) is 0 Å². The van der Waals surface area contributed by atoms with Gasteiger partial charge in [-0.25, -0.2) is 5.43 Å². The van der Waals surface area contributed by atoms with Gasteiger partial charge in [-0.2, -0.15) is 5.10 Å². The van der Waals surface area contributed by atoms with Gasteiger partial charge in [0.25, 0.3) is 5.91 Å². The van der Waals surface area contributed by atoms with Crippen molar-refractivity contribution in [3.05, 3.63) is 64.6 Å². The maximum absolute atomic E-state index is 11.7. The molecule has 0 saturated carbocycles. The van der Waals surface area contributed by atoms with Crippen LogP contribution in [0.25, 0.3) is 0 Å². The van der Waals surface area contributed by atoms with Crippen LogP contribution in [0, 0.1) is 0 Å². The normalized spacial score (nSPS) is 11.0. The molecule has 21 heavy (non-hydrogen) atoms. The Morgan fingerprint density at radius 3 is 2.48 bits per heavy atom. The zero-order valence-corrected chi connectivity index (χ0v) is 13.1. The van der Waals surface area contributed by atoms with Crippen molar-refractivity contribution >= 4 is 27.5 Å². The highest BCUT2D eigenvalue weighted by molar-refractivity contribution is 9.10. The monoisotopic (exact) mass is 346 g/mol. The van der Waals surface area contributed by atoms with E-state index in [0.29, 0.717) is 5.75 Å². The third-order valence-electron chi connectivity index (χ3n) is 2.72. The van der Waals surface area contributed by atoms with Crippen LogP contribution in [-0.2, 0) is 4.79 Å². The summed E-state index contributed by atoms with van der Waals surface area (Å²) in [5.74, 6) is 0.358. The minimum absolute atomic E-state index is 0.0683. The maximum atomic E-state index is 11.7. The third-order valence-corrected chi connectivity index (χ3v) is 3.25. The molecule has 0 heterocycles. The first kappa shape index (κ1) is 15.3. The number of benzene rings is 2. The van der Waals surface area contributed by atoms with Gasteiger partial charge in [-0.1, -0.05) is 46.3 Å². The number of rotatable bonds is 5. The molecule has 0 aromatic heterocycles. The average molecular weight is 347 g/mol. The minimum atomic E-state index is -0.296. The van der Waals surface area contributed by atoms with Crippen LogP contribution >= 0.6 is 15.9 Å². The van der Waals surface area contributed by atoms with Crippen LogP contribution < -0.4 is 10.2 Å². The third kappa shape index (κ3) is 5.04. The van der Waals surface area contributed by atoms with Gasteiger partial charge in [0.2, 0.25) is 0 Å². The van der Waals surface area contributed by atoms with E-state index in [1.54, 1.807) is 12.1 Å². The van der Waals surface area contributed by atoms with Crippen molar-refractivity contribution in [3.8, 4) is 5.75 Å². The Bertz CT molecular complexity index is 624. The first-order valence-electron chi connectivity index (χ1n) is 6.42. The zero-order valence-electron chi connectivity index (χ0n) is 11.5. The number of halogens is 1. The number of hydrazone groups is 1. The number of hydrogen-bond donors (Lipinski definition) is 1. The lowest BCUT2D eigenvalue weighted by molar-refractivity contribution is -0.123. The van der Waals surface area contributed by atoms with E-state index in [1.165, 1.54) is 0 Å². The van der Waals surface area contributed by atoms with E-state index < -0.39 is 0 Å². The molecule has 5 heteroatoms. The first-order chi connectivity index (χ1) is 10.1. The van der Waals surface area contributed by atoms with E-state index in [4.69, 9.17) is 4.74 Å². The van der Waals surface area contributed by atoms with Gasteiger partial charge in [0, 0.05) is 4.47 Å². The van der Waals surface area contributed by atoms with Crippen LogP contribution in [0.5, 0.6) is 5.75 Å². The highest BCUT2D eigenvalue weighted by Gasteiger charge is 2.02. The van der Waals surface area contributed by atoms with Gasteiger partial charge >= 0.3 is 0 Å². The maximum Gasteiger partial charge on any atom is 0.277 e. The van der Waals surface area contributed by atoms with E-state index in [1.807, 2.05) is 49.4 Å². The Hall–Kier alpha value is -2.14. The van der Waals surface area contributed by atoms with Crippen LogP contribution in [0.1, 0.15) is 12.5 Å². The van der Waals surface area contributed by atoms with Gasteiger partial charge in [0.15, 0.2) is 6.61 Å². The molecule has 1 amide bonds. The number of para-hydroxylation sites is 1. The Balaban J connectivity index is 1.85. The molecular formula is C16H15BrN2O2. The Labute approximate surface area is 132 Å². The summed E-state index contributed by atoms with van der Waals surface area (Å²) in [7, 11) is 0. The summed E-state index contributed by atoms with van der Waals surface area (Å²) in [5, 5.41) is 4.06. The quantitative estimate of drug-likeness (QED) is 0.666.